The number of aryl methyl sites for hydroxylation is 2. The van der Waals surface area contributed by atoms with E-state index in [1.54, 1.807) is 12.1 Å². The Labute approximate surface area is 130 Å². The summed E-state index contributed by atoms with van der Waals surface area (Å²) >= 11 is 0. The summed E-state index contributed by atoms with van der Waals surface area (Å²) in [5.41, 5.74) is 10.4. The summed E-state index contributed by atoms with van der Waals surface area (Å²) in [5, 5.41) is 2.86. The number of ketones is 1. The molecule has 0 fully saturated rings. The minimum atomic E-state index is -0.222. The molecule has 0 saturated carbocycles. The zero-order chi connectivity index (χ0) is 16.3. The van der Waals surface area contributed by atoms with Gasteiger partial charge in [-0.25, -0.2) is 0 Å². The van der Waals surface area contributed by atoms with E-state index in [1.165, 1.54) is 24.1 Å². The Hall–Kier alpha value is -2.62. The molecule has 2 aromatic rings. The topological polar surface area (TPSA) is 72.2 Å². The molecule has 1 amide bonds. The van der Waals surface area contributed by atoms with Crippen LogP contribution in [0.1, 0.15) is 44.3 Å². The molecule has 2 rings (SSSR count). The fraction of sp³-hybridized carbons (Fsp3) is 0.222. The highest BCUT2D eigenvalue weighted by molar-refractivity contribution is 6.03. The molecule has 0 saturated heterocycles. The Balaban J connectivity index is 2.10. The van der Waals surface area contributed by atoms with E-state index in [0.29, 0.717) is 23.4 Å². The third kappa shape index (κ3) is 3.52. The van der Waals surface area contributed by atoms with Crippen LogP contribution in [0.3, 0.4) is 0 Å². The molecular weight excluding hydrogens is 276 g/mol. The lowest BCUT2D eigenvalue weighted by molar-refractivity contribution is 0.0951. The molecule has 0 unspecified atom stereocenters. The monoisotopic (exact) mass is 296 g/mol. The summed E-state index contributed by atoms with van der Waals surface area (Å²) in [6.07, 6.45) is 0. The third-order valence-corrected chi connectivity index (χ3v) is 3.72. The van der Waals surface area contributed by atoms with Gasteiger partial charge in [0.1, 0.15) is 0 Å². The van der Waals surface area contributed by atoms with Crippen LogP contribution in [0.25, 0.3) is 0 Å². The van der Waals surface area contributed by atoms with Crippen molar-refractivity contribution in [3.05, 3.63) is 64.2 Å². The fourth-order valence-electron chi connectivity index (χ4n) is 2.20. The summed E-state index contributed by atoms with van der Waals surface area (Å²) in [6.45, 7) is 5.97. The van der Waals surface area contributed by atoms with Gasteiger partial charge in [-0.1, -0.05) is 18.2 Å². The lowest BCUT2D eigenvalue weighted by Crippen LogP contribution is -2.23. The molecule has 0 aliphatic heterocycles. The minimum Gasteiger partial charge on any atom is -0.398 e. The quantitative estimate of drug-likeness (QED) is 0.673. The van der Waals surface area contributed by atoms with Crippen LogP contribution in [0.2, 0.25) is 0 Å². The Morgan fingerprint density at radius 1 is 1.05 bits per heavy atom. The number of nitrogens with two attached hydrogens (primary N) is 1. The van der Waals surface area contributed by atoms with Gasteiger partial charge in [0.05, 0.1) is 0 Å². The van der Waals surface area contributed by atoms with E-state index in [-0.39, 0.29) is 11.7 Å². The van der Waals surface area contributed by atoms with Gasteiger partial charge in [-0.05, 0) is 55.7 Å². The predicted molar refractivity (Wildman–Crippen MR) is 87.9 cm³/mol. The summed E-state index contributed by atoms with van der Waals surface area (Å²) in [5.74, 6) is -0.373. The molecule has 0 aromatic heterocycles. The van der Waals surface area contributed by atoms with Gasteiger partial charge in [-0.3, -0.25) is 9.59 Å². The van der Waals surface area contributed by atoms with E-state index in [0.717, 1.165) is 5.56 Å². The fourth-order valence-corrected chi connectivity index (χ4v) is 2.20. The Morgan fingerprint density at radius 3 is 2.41 bits per heavy atom. The third-order valence-electron chi connectivity index (χ3n) is 3.72. The average molecular weight is 296 g/mol. The highest BCUT2D eigenvalue weighted by Crippen LogP contribution is 2.15. The molecule has 0 aliphatic rings. The average Bonchev–Trinajstić information content (AvgIpc) is 2.48. The van der Waals surface area contributed by atoms with Crippen LogP contribution in [0.5, 0.6) is 0 Å². The maximum absolute atomic E-state index is 12.2. The van der Waals surface area contributed by atoms with Crippen LogP contribution >= 0.6 is 0 Å². The van der Waals surface area contributed by atoms with Gasteiger partial charge in [-0.15, -0.1) is 0 Å². The van der Waals surface area contributed by atoms with Crippen LogP contribution in [0.4, 0.5) is 5.69 Å². The molecule has 0 aliphatic carbocycles. The minimum absolute atomic E-state index is 0.152. The van der Waals surface area contributed by atoms with Gasteiger partial charge in [0, 0.05) is 23.4 Å². The number of hydrogen-bond acceptors (Lipinski definition) is 3. The smallest absolute Gasteiger partial charge is 0.251 e. The molecular formula is C18H20N2O2. The van der Waals surface area contributed by atoms with E-state index in [4.69, 9.17) is 5.73 Å². The highest BCUT2D eigenvalue weighted by Gasteiger charge is 2.11. The second kappa shape index (κ2) is 6.43. The zero-order valence-corrected chi connectivity index (χ0v) is 13.1. The van der Waals surface area contributed by atoms with Gasteiger partial charge in [0.2, 0.25) is 0 Å². The van der Waals surface area contributed by atoms with Crippen LogP contribution in [0.15, 0.2) is 36.4 Å². The van der Waals surface area contributed by atoms with Crippen molar-refractivity contribution in [3.63, 3.8) is 0 Å². The van der Waals surface area contributed by atoms with Gasteiger partial charge < -0.3 is 11.1 Å². The lowest BCUT2D eigenvalue weighted by atomic mass is 10.0. The number of rotatable bonds is 4. The number of Topliss-reactive ketones (excluding diaryl/α,β-unsaturated/α-hetero) is 1. The molecule has 2 aromatic carbocycles. The Morgan fingerprint density at radius 2 is 1.77 bits per heavy atom. The molecule has 4 nitrogen and oxygen atoms in total. The van der Waals surface area contributed by atoms with Gasteiger partial charge in [0.15, 0.2) is 5.78 Å². The van der Waals surface area contributed by atoms with Crippen LogP contribution in [-0.2, 0) is 6.54 Å². The molecule has 0 heterocycles. The van der Waals surface area contributed by atoms with Gasteiger partial charge >= 0.3 is 0 Å². The van der Waals surface area contributed by atoms with Crippen LogP contribution in [-0.4, -0.2) is 11.7 Å². The van der Waals surface area contributed by atoms with Crippen molar-refractivity contribution in [2.24, 2.45) is 0 Å². The summed E-state index contributed by atoms with van der Waals surface area (Å²) in [7, 11) is 0. The van der Waals surface area contributed by atoms with Gasteiger partial charge in [-0.2, -0.15) is 0 Å². The summed E-state index contributed by atoms with van der Waals surface area (Å²) in [6, 6.07) is 10.8. The first kappa shape index (κ1) is 15.8. The standard InChI is InChI=1S/C18H20N2O2/c1-11-4-5-14(8-12(11)2)10-20-18(22)15-6-7-17(19)16(9-15)13(3)21/h4-9H,10,19H2,1-3H3,(H,20,22). The first-order valence-corrected chi connectivity index (χ1v) is 7.13. The number of benzene rings is 2. The largest absolute Gasteiger partial charge is 0.398 e. The van der Waals surface area contributed by atoms with E-state index >= 15 is 0 Å². The van der Waals surface area contributed by atoms with Crippen molar-refractivity contribution in [2.75, 3.05) is 5.73 Å². The second-order valence-corrected chi connectivity index (χ2v) is 5.46. The molecule has 0 radical (unpaired) electrons. The number of carbonyl (C=O) groups excluding carboxylic acids is 2. The maximum atomic E-state index is 12.2. The van der Waals surface area contributed by atoms with Crippen molar-refractivity contribution < 1.29 is 9.59 Å². The number of hydrogen-bond donors (Lipinski definition) is 2. The van der Waals surface area contributed by atoms with Crippen molar-refractivity contribution >= 4 is 17.4 Å². The van der Waals surface area contributed by atoms with Crippen molar-refractivity contribution in [1.29, 1.82) is 0 Å². The maximum Gasteiger partial charge on any atom is 0.251 e. The molecule has 0 atom stereocenters. The van der Waals surface area contributed by atoms with Crippen molar-refractivity contribution in [3.8, 4) is 0 Å². The van der Waals surface area contributed by atoms with Crippen molar-refractivity contribution in [1.82, 2.24) is 5.32 Å². The number of amides is 1. The van der Waals surface area contributed by atoms with Crippen LogP contribution in [0, 0.1) is 13.8 Å². The Bertz CT molecular complexity index is 736. The Kier molecular flexibility index (Phi) is 4.61. The second-order valence-electron chi connectivity index (χ2n) is 5.46. The van der Waals surface area contributed by atoms with E-state index < -0.39 is 0 Å². The first-order valence-electron chi connectivity index (χ1n) is 7.13. The first-order chi connectivity index (χ1) is 10.4. The van der Waals surface area contributed by atoms with Crippen LogP contribution < -0.4 is 11.1 Å². The summed E-state index contributed by atoms with van der Waals surface area (Å²) < 4.78 is 0. The number of anilines is 1. The highest BCUT2D eigenvalue weighted by atomic mass is 16.1. The normalized spacial score (nSPS) is 10.3. The number of nitrogens with one attached hydrogen (secondary N) is 1. The molecule has 3 N–H and O–H groups in total. The van der Waals surface area contributed by atoms with Gasteiger partial charge in [0.25, 0.3) is 5.91 Å². The molecule has 0 spiro atoms. The molecule has 114 valence electrons. The lowest BCUT2D eigenvalue weighted by Gasteiger charge is -2.09. The van der Waals surface area contributed by atoms with E-state index in [2.05, 4.69) is 18.3 Å². The molecule has 0 bridgehead atoms. The molecule has 4 heteroatoms. The number of nitrogen functional groups attached to an aromatic ring is 1. The number of carbonyl (C=O) groups is 2. The zero-order valence-electron chi connectivity index (χ0n) is 13.1. The summed E-state index contributed by atoms with van der Waals surface area (Å²) in [4.78, 5) is 23.7. The predicted octanol–water partition coefficient (Wildman–Crippen LogP) is 3.02. The van der Waals surface area contributed by atoms with E-state index in [1.807, 2.05) is 19.1 Å². The SMILES string of the molecule is CC(=O)c1cc(C(=O)NCc2ccc(C)c(C)c2)ccc1N. The molecule has 22 heavy (non-hydrogen) atoms. The van der Waals surface area contributed by atoms with E-state index in [9.17, 15) is 9.59 Å². The van der Waals surface area contributed by atoms with Crippen molar-refractivity contribution in [2.45, 2.75) is 27.3 Å².